The molecule has 0 aliphatic carbocycles. The SMILES string of the molecule is C[NH+]=C(NC(=S)N(C)C)c1ccccc1. The average Bonchev–Trinajstić information content (AvgIpc) is 2.26. The van der Waals surface area contributed by atoms with E-state index < -0.39 is 0 Å². The van der Waals surface area contributed by atoms with Crippen molar-refractivity contribution in [1.82, 2.24) is 10.2 Å². The molecule has 0 unspecified atom stereocenters. The topological polar surface area (TPSA) is 29.2 Å². The molecule has 0 aliphatic rings. The summed E-state index contributed by atoms with van der Waals surface area (Å²) in [7, 11) is 5.69. The van der Waals surface area contributed by atoms with Gasteiger partial charge in [0.15, 0.2) is 0 Å². The smallest absolute Gasteiger partial charge is 0.281 e. The van der Waals surface area contributed by atoms with E-state index in [1.807, 2.05) is 56.4 Å². The van der Waals surface area contributed by atoms with Gasteiger partial charge in [-0.2, -0.15) is 0 Å². The van der Waals surface area contributed by atoms with Crippen LogP contribution in [0, 0.1) is 0 Å². The van der Waals surface area contributed by atoms with Crippen molar-refractivity contribution >= 4 is 23.2 Å². The fourth-order valence-corrected chi connectivity index (χ4v) is 1.20. The van der Waals surface area contributed by atoms with E-state index in [4.69, 9.17) is 12.2 Å². The largest absolute Gasteiger partial charge is 0.336 e. The van der Waals surface area contributed by atoms with Crippen LogP contribution in [-0.2, 0) is 0 Å². The number of hydrogen-bond donors (Lipinski definition) is 2. The summed E-state index contributed by atoms with van der Waals surface area (Å²) < 4.78 is 0. The Morgan fingerprint density at radius 1 is 1.27 bits per heavy atom. The second-order valence-corrected chi connectivity index (χ2v) is 3.70. The minimum atomic E-state index is 0.684. The predicted octanol–water partition coefficient (Wildman–Crippen LogP) is -0.420. The molecule has 1 aromatic carbocycles. The highest BCUT2D eigenvalue weighted by Crippen LogP contribution is 1.96. The molecular weight excluding hydrogens is 206 g/mol. The number of rotatable bonds is 1. The standard InChI is InChI=1S/C11H15N3S/c1-12-10(13-11(15)14(2)3)9-7-5-4-6-8-9/h4-8H,1-3H3,(H,12,13,15)/p+1. The number of benzene rings is 1. The monoisotopic (exact) mass is 222 g/mol. The van der Waals surface area contributed by atoms with Gasteiger partial charge >= 0.3 is 0 Å². The Bertz CT molecular complexity index is 357. The van der Waals surface area contributed by atoms with E-state index in [0.717, 1.165) is 11.4 Å². The summed E-state index contributed by atoms with van der Waals surface area (Å²) >= 11 is 5.17. The van der Waals surface area contributed by atoms with Gasteiger partial charge in [-0.25, -0.2) is 5.32 Å². The van der Waals surface area contributed by atoms with Crippen LogP contribution in [0.15, 0.2) is 30.3 Å². The molecule has 0 heterocycles. The summed E-state index contributed by atoms with van der Waals surface area (Å²) in [6.45, 7) is 0. The maximum absolute atomic E-state index is 5.17. The summed E-state index contributed by atoms with van der Waals surface area (Å²) in [4.78, 5) is 4.95. The summed E-state index contributed by atoms with van der Waals surface area (Å²) in [6, 6.07) is 10.0. The van der Waals surface area contributed by atoms with E-state index >= 15 is 0 Å². The molecule has 80 valence electrons. The van der Waals surface area contributed by atoms with Gasteiger partial charge in [0.05, 0.1) is 12.6 Å². The van der Waals surface area contributed by atoms with Crippen molar-refractivity contribution in [2.24, 2.45) is 0 Å². The molecule has 1 rings (SSSR count). The van der Waals surface area contributed by atoms with Crippen molar-refractivity contribution in [2.75, 3.05) is 21.1 Å². The van der Waals surface area contributed by atoms with Crippen molar-refractivity contribution in [1.29, 1.82) is 0 Å². The van der Waals surface area contributed by atoms with E-state index in [9.17, 15) is 0 Å². The maximum atomic E-state index is 5.17. The first kappa shape index (κ1) is 11.7. The lowest BCUT2D eigenvalue weighted by atomic mass is 10.2. The predicted molar refractivity (Wildman–Crippen MR) is 66.9 cm³/mol. The van der Waals surface area contributed by atoms with E-state index in [1.54, 1.807) is 0 Å². The van der Waals surface area contributed by atoms with Crippen LogP contribution in [0.5, 0.6) is 0 Å². The minimum absolute atomic E-state index is 0.684. The summed E-state index contributed by atoms with van der Waals surface area (Å²) in [6.07, 6.45) is 0. The zero-order valence-electron chi connectivity index (χ0n) is 9.24. The highest BCUT2D eigenvalue weighted by molar-refractivity contribution is 7.80. The Balaban J connectivity index is 2.79. The van der Waals surface area contributed by atoms with Gasteiger partial charge < -0.3 is 4.90 Å². The molecule has 0 atom stereocenters. The fourth-order valence-electron chi connectivity index (χ4n) is 1.10. The minimum Gasteiger partial charge on any atom is -0.336 e. The van der Waals surface area contributed by atoms with E-state index in [2.05, 4.69) is 10.3 Å². The van der Waals surface area contributed by atoms with Crippen LogP contribution < -0.4 is 10.3 Å². The first-order valence-corrected chi connectivity index (χ1v) is 5.14. The maximum Gasteiger partial charge on any atom is 0.281 e. The molecule has 0 radical (unpaired) electrons. The van der Waals surface area contributed by atoms with Crippen LogP contribution >= 0.6 is 12.2 Å². The molecule has 15 heavy (non-hydrogen) atoms. The van der Waals surface area contributed by atoms with Gasteiger partial charge in [-0.3, -0.25) is 4.99 Å². The van der Waals surface area contributed by atoms with E-state index in [1.165, 1.54) is 0 Å². The molecule has 0 aromatic heterocycles. The van der Waals surface area contributed by atoms with Gasteiger partial charge in [-0.1, -0.05) is 18.2 Å². The Labute approximate surface area is 95.8 Å². The second kappa shape index (κ2) is 5.46. The molecule has 1 aromatic rings. The second-order valence-electron chi connectivity index (χ2n) is 3.32. The lowest BCUT2D eigenvalue weighted by Gasteiger charge is -2.10. The molecule has 0 saturated heterocycles. The Morgan fingerprint density at radius 2 is 1.87 bits per heavy atom. The van der Waals surface area contributed by atoms with Crippen LogP contribution in [0.1, 0.15) is 5.56 Å². The van der Waals surface area contributed by atoms with Crippen LogP contribution in [0.25, 0.3) is 0 Å². The van der Waals surface area contributed by atoms with Gasteiger partial charge in [0.25, 0.3) is 10.9 Å². The quantitative estimate of drug-likeness (QED) is 0.384. The Morgan fingerprint density at radius 3 is 2.33 bits per heavy atom. The number of thiocarbonyl (C=S) groups is 1. The van der Waals surface area contributed by atoms with E-state index in [0.29, 0.717) is 5.11 Å². The zero-order chi connectivity index (χ0) is 11.3. The number of nitrogens with zero attached hydrogens (tertiary/aromatic N) is 1. The third kappa shape index (κ3) is 3.32. The van der Waals surface area contributed by atoms with Crippen LogP contribution in [0.3, 0.4) is 0 Å². The molecule has 0 saturated carbocycles. The lowest BCUT2D eigenvalue weighted by Crippen LogP contribution is -2.73. The van der Waals surface area contributed by atoms with Crippen molar-refractivity contribution in [2.45, 2.75) is 0 Å². The molecule has 0 bridgehead atoms. The third-order valence-electron chi connectivity index (χ3n) is 1.95. The highest BCUT2D eigenvalue weighted by atomic mass is 32.1. The van der Waals surface area contributed by atoms with Crippen molar-refractivity contribution in [3.63, 3.8) is 0 Å². The van der Waals surface area contributed by atoms with Gasteiger partial charge in [-0.15, -0.1) is 0 Å². The highest BCUT2D eigenvalue weighted by Gasteiger charge is 2.12. The van der Waals surface area contributed by atoms with Gasteiger partial charge in [0, 0.05) is 14.1 Å². The molecule has 0 spiro atoms. The number of nitrogens with one attached hydrogen (secondary N) is 2. The van der Waals surface area contributed by atoms with Crippen molar-refractivity contribution in [3.8, 4) is 0 Å². The van der Waals surface area contributed by atoms with Gasteiger partial charge in [0.1, 0.15) is 0 Å². The molecular formula is C11H16N3S+. The zero-order valence-corrected chi connectivity index (χ0v) is 10.1. The lowest BCUT2D eigenvalue weighted by molar-refractivity contribution is -0.421. The summed E-state index contributed by atoms with van der Waals surface area (Å²) in [5.74, 6) is 0.911. The molecule has 0 amide bonds. The summed E-state index contributed by atoms with van der Waals surface area (Å²) in [5.41, 5.74) is 1.09. The van der Waals surface area contributed by atoms with Gasteiger partial charge in [-0.05, 0) is 24.4 Å². The third-order valence-corrected chi connectivity index (χ3v) is 2.42. The Kier molecular flexibility index (Phi) is 4.24. The fraction of sp³-hybridized carbons (Fsp3) is 0.273. The number of amidine groups is 1. The molecule has 2 N–H and O–H groups in total. The Hall–Kier alpha value is -1.42. The first-order chi connectivity index (χ1) is 7.15. The molecule has 0 aliphatic heterocycles. The molecule has 0 fully saturated rings. The average molecular weight is 222 g/mol. The molecule has 4 heteroatoms. The van der Waals surface area contributed by atoms with E-state index in [-0.39, 0.29) is 0 Å². The van der Waals surface area contributed by atoms with Crippen molar-refractivity contribution in [3.05, 3.63) is 35.9 Å². The van der Waals surface area contributed by atoms with Crippen LogP contribution in [-0.4, -0.2) is 37.0 Å². The normalized spacial score (nSPS) is 11.0. The first-order valence-electron chi connectivity index (χ1n) is 4.73. The summed E-state index contributed by atoms with van der Waals surface area (Å²) in [5, 5.41) is 3.83. The van der Waals surface area contributed by atoms with Crippen molar-refractivity contribution < 1.29 is 4.99 Å². The number of hydrogen-bond acceptors (Lipinski definition) is 1. The van der Waals surface area contributed by atoms with Gasteiger partial charge in [0.2, 0.25) is 0 Å². The molecule has 3 nitrogen and oxygen atoms in total. The van der Waals surface area contributed by atoms with Crippen LogP contribution in [0.2, 0.25) is 0 Å². The van der Waals surface area contributed by atoms with Crippen LogP contribution in [0.4, 0.5) is 0 Å².